The van der Waals surface area contributed by atoms with Crippen LogP contribution in [-0.4, -0.2) is 6.54 Å². The van der Waals surface area contributed by atoms with Crippen LogP contribution in [0.3, 0.4) is 0 Å². The molecule has 1 rings (SSSR count). The summed E-state index contributed by atoms with van der Waals surface area (Å²) in [6.07, 6.45) is 15.5. The minimum atomic E-state index is 0.0756. The normalized spacial score (nSPS) is 11.8. The average Bonchev–Trinajstić information content (AvgIpc) is 2.56. The molecule has 0 spiro atoms. The fourth-order valence-electron chi connectivity index (χ4n) is 3.26. The van der Waals surface area contributed by atoms with Crippen molar-refractivity contribution in [3.63, 3.8) is 0 Å². The lowest BCUT2D eigenvalue weighted by Crippen LogP contribution is -2.37. The van der Waals surface area contributed by atoms with Crippen LogP contribution in [-0.2, 0) is 5.54 Å². The summed E-state index contributed by atoms with van der Waals surface area (Å²) in [5, 5.41) is 3.73. The van der Waals surface area contributed by atoms with Gasteiger partial charge in [-0.2, -0.15) is 0 Å². The quantitative estimate of drug-likeness (QED) is 0.357. The predicted molar refractivity (Wildman–Crippen MR) is 109 cm³/mol. The number of hydrogen-bond donors (Lipinski definition) is 1. The van der Waals surface area contributed by atoms with Crippen molar-refractivity contribution >= 4 is 0 Å². The lowest BCUT2D eigenvalue weighted by Gasteiger charge is -2.27. The van der Waals surface area contributed by atoms with Gasteiger partial charge in [0, 0.05) is 5.54 Å². The number of benzene rings is 1. The van der Waals surface area contributed by atoms with E-state index in [1.54, 1.807) is 0 Å². The Hall–Kier alpha value is -0.820. The van der Waals surface area contributed by atoms with Gasteiger partial charge in [-0.25, -0.2) is 0 Å². The Morgan fingerprint density at radius 1 is 0.708 bits per heavy atom. The summed E-state index contributed by atoms with van der Waals surface area (Å²) in [6.45, 7) is 10.1. The Balaban J connectivity index is 1.99. The molecule has 0 heterocycles. The fourth-order valence-corrected chi connectivity index (χ4v) is 3.26. The smallest absolute Gasteiger partial charge is 0.0377 e. The van der Waals surface area contributed by atoms with E-state index in [0.717, 1.165) is 6.54 Å². The second kappa shape index (κ2) is 12.5. The molecule has 0 aliphatic rings. The second-order valence-corrected chi connectivity index (χ2v) is 7.95. The molecule has 0 bridgehead atoms. The molecule has 1 heteroatoms. The number of nitrogens with one attached hydrogen (secondary N) is 1. The molecular formula is C23H41N. The van der Waals surface area contributed by atoms with Gasteiger partial charge in [-0.15, -0.1) is 0 Å². The summed E-state index contributed by atoms with van der Waals surface area (Å²) >= 11 is 0. The molecule has 0 atom stereocenters. The summed E-state index contributed by atoms with van der Waals surface area (Å²) in [6, 6.07) is 8.92. The SMILES string of the molecule is CCCCCCCCCCCCCNC(C)(C)c1ccc(C)cc1. The van der Waals surface area contributed by atoms with Gasteiger partial charge in [0.05, 0.1) is 0 Å². The van der Waals surface area contributed by atoms with Crippen LogP contribution in [0.25, 0.3) is 0 Å². The van der Waals surface area contributed by atoms with Gasteiger partial charge in [-0.3, -0.25) is 0 Å². The van der Waals surface area contributed by atoms with Crippen LogP contribution in [0, 0.1) is 6.92 Å². The van der Waals surface area contributed by atoms with Gasteiger partial charge in [0.25, 0.3) is 0 Å². The van der Waals surface area contributed by atoms with Gasteiger partial charge in [0.1, 0.15) is 0 Å². The largest absolute Gasteiger partial charge is 0.308 e. The van der Waals surface area contributed by atoms with Crippen LogP contribution in [0.4, 0.5) is 0 Å². The summed E-state index contributed by atoms with van der Waals surface area (Å²) in [5.41, 5.74) is 2.79. The molecule has 0 saturated heterocycles. The Morgan fingerprint density at radius 3 is 1.67 bits per heavy atom. The van der Waals surface area contributed by atoms with Gasteiger partial charge < -0.3 is 5.32 Å². The van der Waals surface area contributed by atoms with Gasteiger partial charge in [-0.05, 0) is 39.3 Å². The highest BCUT2D eigenvalue weighted by Gasteiger charge is 2.18. The minimum absolute atomic E-state index is 0.0756. The monoisotopic (exact) mass is 331 g/mol. The lowest BCUT2D eigenvalue weighted by molar-refractivity contribution is 0.394. The Labute approximate surface area is 151 Å². The number of hydrogen-bond acceptors (Lipinski definition) is 1. The molecule has 0 saturated carbocycles. The van der Waals surface area contributed by atoms with Crippen molar-refractivity contribution in [2.75, 3.05) is 6.54 Å². The third kappa shape index (κ3) is 9.47. The van der Waals surface area contributed by atoms with Gasteiger partial charge in [-0.1, -0.05) is 101 Å². The standard InChI is InChI=1S/C23H41N/c1-5-6-7-8-9-10-11-12-13-14-15-20-24-23(3,4)22-18-16-21(2)17-19-22/h16-19,24H,5-15,20H2,1-4H3. The molecule has 24 heavy (non-hydrogen) atoms. The first-order valence-electron chi connectivity index (χ1n) is 10.4. The zero-order chi connectivity index (χ0) is 17.7. The molecular weight excluding hydrogens is 290 g/mol. The predicted octanol–water partition coefficient (Wildman–Crippen LogP) is 7.13. The Kier molecular flexibility index (Phi) is 11.1. The van der Waals surface area contributed by atoms with Crippen molar-refractivity contribution in [2.45, 2.75) is 104 Å². The zero-order valence-electron chi connectivity index (χ0n) is 16.8. The maximum atomic E-state index is 3.73. The van der Waals surface area contributed by atoms with E-state index in [-0.39, 0.29) is 5.54 Å². The van der Waals surface area contributed by atoms with Gasteiger partial charge >= 0.3 is 0 Å². The van der Waals surface area contributed by atoms with Gasteiger partial charge in [0.15, 0.2) is 0 Å². The first-order chi connectivity index (χ1) is 11.6. The molecule has 0 aliphatic heterocycles. The van der Waals surface area contributed by atoms with Crippen LogP contribution in [0.1, 0.15) is 103 Å². The van der Waals surface area contributed by atoms with E-state index in [9.17, 15) is 0 Å². The maximum absolute atomic E-state index is 3.73. The van der Waals surface area contributed by atoms with Crippen LogP contribution >= 0.6 is 0 Å². The Bertz CT molecular complexity index is 405. The van der Waals surface area contributed by atoms with E-state index in [0.29, 0.717) is 0 Å². The first-order valence-corrected chi connectivity index (χ1v) is 10.4. The number of aryl methyl sites for hydroxylation is 1. The molecule has 0 amide bonds. The van der Waals surface area contributed by atoms with Crippen LogP contribution in [0.2, 0.25) is 0 Å². The third-order valence-electron chi connectivity index (χ3n) is 5.12. The highest BCUT2D eigenvalue weighted by Crippen LogP contribution is 2.20. The topological polar surface area (TPSA) is 12.0 Å². The molecule has 138 valence electrons. The highest BCUT2D eigenvalue weighted by molar-refractivity contribution is 5.26. The highest BCUT2D eigenvalue weighted by atomic mass is 14.9. The van der Waals surface area contributed by atoms with E-state index in [4.69, 9.17) is 0 Å². The molecule has 0 aromatic heterocycles. The van der Waals surface area contributed by atoms with E-state index in [1.165, 1.54) is 81.8 Å². The molecule has 1 N–H and O–H groups in total. The molecule has 1 aromatic carbocycles. The minimum Gasteiger partial charge on any atom is -0.308 e. The second-order valence-electron chi connectivity index (χ2n) is 7.95. The fraction of sp³-hybridized carbons (Fsp3) is 0.739. The average molecular weight is 332 g/mol. The number of unbranched alkanes of at least 4 members (excludes halogenated alkanes) is 10. The zero-order valence-corrected chi connectivity index (χ0v) is 16.8. The van der Waals surface area contributed by atoms with Crippen molar-refractivity contribution in [1.82, 2.24) is 5.32 Å². The van der Waals surface area contributed by atoms with E-state index in [2.05, 4.69) is 57.3 Å². The molecule has 0 aliphatic carbocycles. The molecule has 1 aromatic rings. The van der Waals surface area contributed by atoms with Crippen molar-refractivity contribution < 1.29 is 0 Å². The molecule has 0 fully saturated rings. The van der Waals surface area contributed by atoms with Crippen LogP contribution in [0.5, 0.6) is 0 Å². The molecule has 1 nitrogen and oxygen atoms in total. The van der Waals surface area contributed by atoms with E-state index in [1.807, 2.05) is 0 Å². The van der Waals surface area contributed by atoms with Crippen molar-refractivity contribution in [1.29, 1.82) is 0 Å². The van der Waals surface area contributed by atoms with Crippen molar-refractivity contribution in [2.24, 2.45) is 0 Å². The van der Waals surface area contributed by atoms with Crippen molar-refractivity contribution in [3.05, 3.63) is 35.4 Å². The van der Waals surface area contributed by atoms with Crippen LogP contribution in [0.15, 0.2) is 24.3 Å². The van der Waals surface area contributed by atoms with E-state index < -0.39 is 0 Å². The summed E-state index contributed by atoms with van der Waals surface area (Å²) < 4.78 is 0. The summed E-state index contributed by atoms with van der Waals surface area (Å²) in [4.78, 5) is 0. The van der Waals surface area contributed by atoms with Crippen molar-refractivity contribution in [3.8, 4) is 0 Å². The third-order valence-corrected chi connectivity index (χ3v) is 5.12. The maximum Gasteiger partial charge on any atom is 0.0377 e. The molecule has 0 radical (unpaired) electrons. The van der Waals surface area contributed by atoms with E-state index >= 15 is 0 Å². The lowest BCUT2D eigenvalue weighted by atomic mass is 9.93. The first kappa shape index (κ1) is 21.2. The Morgan fingerprint density at radius 2 is 1.17 bits per heavy atom. The summed E-state index contributed by atoms with van der Waals surface area (Å²) in [5.74, 6) is 0. The van der Waals surface area contributed by atoms with Crippen LogP contribution < -0.4 is 5.32 Å². The molecule has 0 unspecified atom stereocenters. The summed E-state index contributed by atoms with van der Waals surface area (Å²) in [7, 11) is 0. The van der Waals surface area contributed by atoms with Gasteiger partial charge in [0.2, 0.25) is 0 Å². The number of rotatable bonds is 14.